The fraction of sp³-hybridized carbons (Fsp3) is 0.500. The summed E-state index contributed by atoms with van der Waals surface area (Å²) in [5.74, 6) is 0. The number of hydrogen-bond donors (Lipinski definition) is 2. The van der Waals surface area contributed by atoms with Gasteiger partial charge in [-0.05, 0) is 46.0 Å². The third-order valence-corrected chi connectivity index (χ3v) is 5.60. The number of hydrogen-bond acceptors (Lipinski definition) is 3. The first-order valence-electron chi connectivity index (χ1n) is 5.73. The zero-order valence-corrected chi connectivity index (χ0v) is 14.8. The topological polar surface area (TPSA) is 66.4 Å². The molecule has 0 aliphatic rings. The fourth-order valence-corrected chi connectivity index (χ4v) is 4.18. The molecule has 4 nitrogen and oxygen atoms in total. The maximum absolute atomic E-state index is 12.2. The molecule has 1 aromatic carbocycles. The molecule has 0 heterocycles. The van der Waals surface area contributed by atoms with Crippen molar-refractivity contribution >= 4 is 41.9 Å². The van der Waals surface area contributed by atoms with Crippen LogP contribution in [-0.2, 0) is 10.0 Å². The van der Waals surface area contributed by atoms with Crippen molar-refractivity contribution < 1.29 is 13.5 Å². The van der Waals surface area contributed by atoms with E-state index < -0.39 is 10.0 Å². The summed E-state index contributed by atoms with van der Waals surface area (Å²) >= 11 is 6.50. The highest BCUT2D eigenvalue weighted by atomic mass is 79.9. The lowest BCUT2D eigenvalue weighted by molar-refractivity contribution is 0.213. The molecule has 2 N–H and O–H groups in total. The summed E-state index contributed by atoms with van der Waals surface area (Å²) in [5, 5.41) is 8.94. The van der Waals surface area contributed by atoms with Crippen molar-refractivity contribution in [2.24, 2.45) is 5.41 Å². The van der Waals surface area contributed by atoms with Crippen molar-refractivity contribution in [3.63, 3.8) is 0 Å². The van der Waals surface area contributed by atoms with Crippen molar-refractivity contribution in [1.82, 2.24) is 4.72 Å². The van der Waals surface area contributed by atoms with E-state index in [1.165, 1.54) is 0 Å². The van der Waals surface area contributed by atoms with E-state index >= 15 is 0 Å². The third-order valence-electron chi connectivity index (χ3n) is 2.71. The molecular weight excluding hydrogens is 398 g/mol. The van der Waals surface area contributed by atoms with Gasteiger partial charge < -0.3 is 5.11 Å². The number of aliphatic hydroxyl groups is 1. The predicted octanol–water partition coefficient (Wildman–Crippen LogP) is 2.90. The quantitative estimate of drug-likeness (QED) is 0.751. The Bertz CT molecular complexity index is 544. The highest BCUT2D eigenvalue weighted by molar-refractivity contribution is 9.11. The Balaban J connectivity index is 2.90. The highest BCUT2D eigenvalue weighted by Crippen LogP contribution is 2.26. The monoisotopic (exact) mass is 413 g/mol. The summed E-state index contributed by atoms with van der Waals surface area (Å²) in [5.41, 5.74) is -0.291. The van der Waals surface area contributed by atoms with Gasteiger partial charge in [-0.3, -0.25) is 0 Å². The minimum Gasteiger partial charge on any atom is -0.396 e. The SMILES string of the molecule is CC(C)(CCO)CNS(=O)(=O)c1cc(Br)ccc1Br. The van der Waals surface area contributed by atoms with Gasteiger partial charge in [0.05, 0.1) is 4.90 Å². The van der Waals surface area contributed by atoms with Crippen LogP contribution in [0, 0.1) is 5.41 Å². The van der Waals surface area contributed by atoms with Crippen LogP contribution in [0.2, 0.25) is 0 Å². The van der Waals surface area contributed by atoms with Gasteiger partial charge in [0.15, 0.2) is 0 Å². The van der Waals surface area contributed by atoms with Crippen LogP contribution in [0.25, 0.3) is 0 Å². The molecule has 0 saturated heterocycles. The van der Waals surface area contributed by atoms with Crippen molar-refractivity contribution in [3.8, 4) is 0 Å². The van der Waals surface area contributed by atoms with E-state index in [0.29, 0.717) is 15.4 Å². The van der Waals surface area contributed by atoms with Crippen molar-refractivity contribution in [1.29, 1.82) is 0 Å². The van der Waals surface area contributed by atoms with Gasteiger partial charge in [-0.1, -0.05) is 29.8 Å². The molecule has 1 aromatic rings. The van der Waals surface area contributed by atoms with E-state index in [1.54, 1.807) is 18.2 Å². The molecule has 0 aliphatic heterocycles. The minimum absolute atomic E-state index is 0.0370. The van der Waals surface area contributed by atoms with Gasteiger partial charge in [0.1, 0.15) is 0 Å². The maximum atomic E-state index is 12.2. The molecule has 0 radical (unpaired) electrons. The van der Waals surface area contributed by atoms with Gasteiger partial charge in [0.25, 0.3) is 0 Å². The van der Waals surface area contributed by atoms with E-state index in [9.17, 15) is 8.42 Å². The van der Waals surface area contributed by atoms with E-state index in [2.05, 4.69) is 36.6 Å². The van der Waals surface area contributed by atoms with Crippen LogP contribution in [0.3, 0.4) is 0 Å². The normalized spacial score (nSPS) is 12.7. The van der Waals surface area contributed by atoms with Crippen molar-refractivity contribution in [2.75, 3.05) is 13.2 Å². The zero-order valence-electron chi connectivity index (χ0n) is 10.8. The molecule has 0 aromatic heterocycles. The highest BCUT2D eigenvalue weighted by Gasteiger charge is 2.23. The summed E-state index contributed by atoms with van der Waals surface area (Å²) in [6.45, 7) is 4.12. The second-order valence-corrected chi connectivity index (χ2v) is 8.54. The van der Waals surface area contributed by atoms with Crippen molar-refractivity contribution in [2.45, 2.75) is 25.2 Å². The molecule has 1 rings (SSSR count). The number of rotatable bonds is 6. The van der Waals surface area contributed by atoms with E-state index in [-0.39, 0.29) is 23.5 Å². The third kappa shape index (κ3) is 5.15. The van der Waals surface area contributed by atoms with Crippen LogP contribution >= 0.6 is 31.9 Å². The number of nitrogens with one attached hydrogen (secondary N) is 1. The molecule has 0 spiro atoms. The Morgan fingerprint density at radius 3 is 2.53 bits per heavy atom. The number of halogens is 2. The largest absolute Gasteiger partial charge is 0.396 e. The molecule has 0 unspecified atom stereocenters. The van der Waals surface area contributed by atoms with Gasteiger partial charge in [0, 0.05) is 22.1 Å². The number of benzene rings is 1. The molecule has 0 amide bonds. The summed E-state index contributed by atoms with van der Waals surface area (Å²) in [6, 6.07) is 4.99. The lowest BCUT2D eigenvalue weighted by Crippen LogP contribution is -2.34. The van der Waals surface area contributed by atoms with Gasteiger partial charge >= 0.3 is 0 Å². The zero-order chi connectivity index (χ0) is 14.7. The first-order chi connectivity index (χ1) is 8.68. The van der Waals surface area contributed by atoms with E-state index in [1.807, 2.05) is 13.8 Å². The van der Waals surface area contributed by atoms with Gasteiger partial charge in [-0.2, -0.15) is 0 Å². The fourth-order valence-electron chi connectivity index (χ4n) is 1.44. The average Bonchev–Trinajstić information content (AvgIpc) is 2.30. The molecule has 108 valence electrons. The number of aliphatic hydroxyl groups excluding tert-OH is 1. The number of sulfonamides is 1. The lowest BCUT2D eigenvalue weighted by atomic mass is 9.90. The van der Waals surface area contributed by atoms with Gasteiger partial charge in [-0.25, -0.2) is 13.1 Å². The maximum Gasteiger partial charge on any atom is 0.241 e. The molecule has 0 aliphatic carbocycles. The molecule has 0 bridgehead atoms. The van der Waals surface area contributed by atoms with Gasteiger partial charge in [0.2, 0.25) is 10.0 Å². The summed E-state index contributed by atoms with van der Waals surface area (Å²) in [7, 11) is -3.57. The molecule has 0 atom stereocenters. The van der Waals surface area contributed by atoms with Crippen LogP contribution in [0.5, 0.6) is 0 Å². The standard InChI is InChI=1S/C12H17Br2NO3S/c1-12(2,5-6-16)8-15-19(17,18)11-7-9(13)3-4-10(11)14/h3-4,7,15-16H,5-6,8H2,1-2H3. The van der Waals surface area contributed by atoms with Crippen LogP contribution < -0.4 is 4.72 Å². The molecule has 19 heavy (non-hydrogen) atoms. The van der Waals surface area contributed by atoms with Gasteiger partial charge in [-0.15, -0.1) is 0 Å². The summed E-state index contributed by atoms with van der Waals surface area (Å²) in [6.07, 6.45) is 0.537. The Kier molecular flexibility index (Phi) is 6.00. The van der Waals surface area contributed by atoms with Crippen LogP contribution in [-0.4, -0.2) is 26.7 Å². The predicted molar refractivity (Wildman–Crippen MR) is 82.5 cm³/mol. The molecule has 7 heteroatoms. The lowest BCUT2D eigenvalue weighted by Gasteiger charge is -2.23. The van der Waals surface area contributed by atoms with E-state index in [0.717, 1.165) is 0 Å². The average molecular weight is 415 g/mol. The summed E-state index contributed by atoms with van der Waals surface area (Å²) in [4.78, 5) is 0.196. The molecule has 0 fully saturated rings. The Hall–Kier alpha value is 0.0500. The van der Waals surface area contributed by atoms with Crippen LogP contribution in [0.1, 0.15) is 20.3 Å². The Labute approximate surface area is 130 Å². The van der Waals surface area contributed by atoms with Crippen LogP contribution in [0.4, 0.5) is 0 Å². The Morgan fingerprint density at radius 2 is 1.95 bits per heavy atom. The first kappa shape index (κ1) is 17.1. The second kappa shape index (κ2) is 6.67. The minimum atomic E-state index is -3.57. The van der Waals surface area contributed by atoms with E-state index in [4.69, 9.17) is 5.11 Å². The van der Waals surface area contributed by atoms with Crippen molar-refractivity contribution in [3.05, 3.63) is 27.1 Å². The smallest absolute Gasteiger partial charge is 0.241 e. The second-order valence-electron chi connectivity index (χ2n) is 5.04. The first-order valence-corrected chi connectivity index (χ1v) is 8.80. The van der Waals surface area contributed by atoms with Crippen LogP contribution in [0.15, 0.2) is 32.0 Å². The molecule has 0 saturated carbocycles. The Morgan fingerprint density at radius 1 is 1.32 bits per heavy atom. The molecular formula is C12H17Br2NO3S. The summed E-state index contributed by atoms with van der Waals surface area (Å²) < 4.78 is 28.3.